The molecular weight excluding hydrogens is 532 g/mol. The first-order chi connectivity index (χ1) is 20.1. The van der Waals surface area contributed by atoms with Crippen LogP contribution in [0.4, 0.5) is 5.82 Å². The van der Waals surface area contributed by atoms with Crippen LogP contribution >= 0.6 is 0 Å². The number of piperazine rings is 1. The lowest BCUT2D eigenvalue weighted by Crippen LogP contribution is -2.55. The molecule has 3 aliphatic heterocycles. The molecule has 2 atom stereocenters. The number of carbonyl (C=O) groups is 3. The van der Waals surface area contributed by atoms with Crippen molar-refractivity contribution < 1.29 is 19.1 Å². The summed E-state index contributed by atoms with van der Waals surface area (Å²) < 4.78 is 6.37. The van der Waals surface area contributed by atoms with Crippen LogP contribution in [0.3, 0.4) is 0 Å². The molecule has 10 heteroatoms. The molecule has 10 nitrogen and oxygen atoms in total. The van der Waals surface area contributed by atoms with Crippen LogP contribution in [-0.2, 0) is 14.3 Å². The van der Waals surface area contributed by atoms with Gasteiger partial charge in [0.1, 0.15) is 5.82 Å². The quantitative estimate of drug-likeness (QED) is 0.369. The highest BCUT2D eigenvalue weighted by Gasteiger charge is 2.34. The number of aldehydes is 1. The third kappa shape index (κ3) is 8.81. The smallest absolute Gasteiger partial charge is 0.243 e. The molecule has 1 aromatic rings. The Kier molecular flexibility index (Phi) is 11.5. The summed E-state index contributed by atoms with van der Waals surface area (Å²) in [6.45, 7) is 11.7. The molecule has 4 heterocycles. The van der Waals surface area contributed by atoms with Crippen molar-refractivity contribution in [1.29, 1.82) is 0 Å². The number of hydrogen-bond donors (Lipinski definition) is 2. The fourth-order valence-corrected chi connectivity index (χ4v) is 6.71. The lowest BCUT2D eigenvalue weighted by Gasteiger charge is -2.36. The van der Waals surface area contributed by atoms with E-state index in [1.165, 1.54) is 38.6 Å². The second-order valence-electron chi connectivity index (χ2n) is 13.2. The number of carbonyl (C=O) groups excluding carboxylic acids is 3. The predicted octanol–water partition coefficient (Wildman–Crippen LogP) is 3.31. The van der Waals surface area contributed by atoms with Crippen molar-refractivity contribution in [2.45, 2.75) is 108 Å². The van der Waals surface area contributed by atoms with E-state index in [9.17, 15) is 14.4 Å². The minimum atomic E-state index is -0.421. The molecular formula is C32H52N6O4. The number of amides is 2. The molecule has 1 aromatic heterocycles. The van der Waals surface area contributed by atoms with E-state index >= 15 is 0 Å². The Bertz CT molecular complexity index is 1070. The Morgan fingerprint density at radius 2 is 1.74 bits per heavy atom. The van der Waals surface area contributed by atoms with Crippen LogP contribution in [0, 0.1) is 0 Å². The van der Waals surface area contributed by atoms with Gasteiger partial charge in [-0.3, -0.25) is 24.6 Å². The van der Waals surface area contributed by atoms with Crippen molar-refractivity contribution in [2.24, 2.45) is 0 Å². The summed E-state index contributed by atoms with van der Waals surface area (Å²) in [6.07, 6.45) is 10.6. The normalized spacial score (nSPS) is 25.0. The zero-order valence-corrected chi connectivity index (χ0v) is 26.4. The first-order valence-corrected chi connectivity index (χ1v) is 15.9. The van der Waals surface area contributed by atoms with Gasteiger partial charge in [0.2, 0.25) is 11.8 Å². The minimum Gasteiger partial charge on any atom is -0.375 e. The lowest BCUT2D eigenvalue weighted by molar-refractivity contribution is -0.137. The summed E-state index contributed by atoms with van der Waals surface area (Å²) in [5.74, 6) is 0.335. The summed E-state index contributed by atoms with van der Waals surface area (Å²) in [4.78, 5) is 47.0. The van der Waals surface area contributed by atoms with E-state index in [0.717, 1.165) is 51.1 Å². The maximum Gasteiger partial charge on any atom is 0.243 e. The zero-order chi connectivity index (χ0) is 30.3. The molecule has 3 saturated heterocycles. The van der Waals surface area contributed by atoms with Crippen LogP contribution in [0.15, 0.2) is 12.1 Å². The third-order valence-electron chi connectivity index (χ3n) is 9.24. The maximum absolute atomic E-state index is 12.3. The van der Waals surface area contributed by atoms with Gasteiger partial charge >= 0.3 is 0 Å². The minimum absolute atomic E-state index is 0.234. The largest absolute Gasteiger partial charge is 0.375 e. The first kappa shape index (κ1) is 32.5. The van der Waals surface area contributed by atoms with Crippen molar-refractivity contribution in [3.63, 3.8) is 0 Å². The standard InChI is InChI=1S/C25H36N4O4.C7H16N2/c1-17(28(2)21-9-11-23(31)27-25(21)32)24-18(16-30)8-10-22(26-24)29-14-12-20(13-15-29)33-19-6-4-3-5-7-19;1-7(2)6-9(3)5-4-8-7/h8,10,16-17,19-21H,3-7,9,11-15H2,1-2H3,(H,27,31,32);8H,4-6H2,1-3H3. The number of imide groups is 1. The maximum atomic E-state index is 12.3. The highest BCUT2D eigenvalue weighted by atomic mass is 16.5. The zero-order valence-electron chi connectivity index (χ0n) is 26.4. The van der Waals surface area contributed by atoms with E-state index in [-0.39, 0.29) is 17.9 Å². The first-order valence-electron chi connectivity index (χ1n) is 15.9. The van der Waals surface area contributed by atoms with Crippen LogP contribution in [0.1, 0.15) is 101 Å². The van der Waals surface area contributed by atoms with Crippen LogP contribution < -0.4 is 15.5 Å². The average molecular weight is 585 g/mol. The van der Waals surface area contributed by atoms with Crippen molar-refractivity contribution in [3.05, 3.63) is 23.4 Å². The molecule has 2 N–H and O–H groups in total. The molecule has 0 bridgehead atoms. The average Bonchev–Trinajstić information content (AvgIpc) is 2.97. The van der Waals surface area contributed by atoms with Crippen LogP contribution in [0.2, 0.25) is 0 Å². The van der Waals surface area contributed by atoms with E-state index in [1.807, 2.05) is 31.0 Å². The van der Waals surface area contributed by atoms with Crippen LogP contribution in [0.25, 0.3) is 0 Å². The Morgan fingerprint density at radius 1 is 1.05 bits per heavy atom. The summed E-state index contributed by atoms with van der Waals surface area (Å²) in [5.41, 5.74) is 1.52. The van der Waals surface area contributed by atoms with E-state index in [4.69, 9.17) is 9.72 Å². The number of rotatable bonds is 7. The summed E-state index contributed by atoms with van der Waals surface area (Å²) in [6, 6.07) is 3.06. The van der Waals surface area contributed by atoms with E-state index in [2.05, 4.69) is 41.3 Å². The highest BCUT2D eigenvalue weighted by molar-refractivity contribution is 6.00. The molecule has 5 rings (SSSR count). The predicted molar refractivity (Wildman–Crippen MR) is 165 cm³/mol. The van der Waals surface area contributed by atoms with Gasteiger partial charge in [0.15, 0.2) is 6.29 Å². The molecule has 4 fully saturated rings. The highest BCUT2D eigenvalue weighted by Crippen LogP contribution is 2.29. The second-order valence-corrected chi connectivity index (χ2v) is 13.2. The molecule has 0 aromatic carbocycles. The van der Waals surface area contributed by atoms with Crippen molar-refractivity contribution in [3.8, 4) is 0 Å². The number of ether oxygens (including phenoxy) is 1. The van der Waals surface area contributed by atoms with Gasteiger partial charge in [-0.15, -0.1) is 0 Å². The number of nitrogens with one attached hydrogen (secondary N) is 2. The third-order valence-corrected chi connectivity index (χ3v) is 9.24. The topological polar surface area (TPSA) is 107 Å². The van der Waals surface area contributed by atoms with Crippen LogP contribution in [-0.4, -0.2) is 103 Å². The number of likely N-dealkylation sites (N-methyl/N-ethyl adjacent to an activating group) is 2. The van der Waals surface area contributed by atoms with Gasteiger partial charge in [-0.25, -0.2) is 4.98 Å². The van der Waals surface area contributed by atoms with Crippen molar-refractivity contribution >= 4 is 23.9 Å². The van der Waals surface area contributed by atoms with Crippen molar-refractivity contribution in [1.82, 2.24) is 25.4 Å². The van der Waals surface area contributed by atoms with E-state index < -0.39 is 6.04 Å². The monoisotopic (exact) mass is 584 g/mol. The Morgan fingerprint density at radius 3 is 2.33 bits per heavy atom. The molecule has 0 radical (unpaired) electrons. The van der Waals surface area contributed by atoms with E-state index in [1.54, 1.807) is 0 Å². The van der Waals surface area contributed by atoms with Gasteiger partial charge in [-0.1, -0.05) is 19.3 Å². The SMILES string of the molecule is CC(c1nc(N2CCC(OC3CCCCC3)CC2)ccc1C=O)N(C)C1CCC(=O)NC1=O.CN1CCNC(C)(C)C1. The molecule has 2 amide bonds. The van der Waals surface area contributed by atoms with Gasteiger partial charge in [-0.05, 0) is 79.1 Å². The molecule has 2 unspecified atom stereocenters. The van der Waals surface area contributed by atoms with E-state index in [0.29, 0.717) is 41.8 Å². The van der Waals surface area contributed by atoms with Gasteiger partial charge < -0.3 is 19.9 Å². The molecule has 42 heavy (non-hydrogen) atoms. The molecule has 234 valence electrons. The Labute approximate surface area is 251 Å². The van der Waals surface area contributed by atoms with Gasteiger partial charge in [0.05, 0.1) is 30.0 Å². The Balaban J connectivity index is 0.000000385. The number of nitrogens with zero attached hydrogens (tertiary/aromatic N) is 4. The van der Waals surface area contributed by atoms with Gasteiger partial charge in [-0.2, -0.15) is 0 Å². The van der Waals surface area contributed by atoms with Gasteiger partial charge in [0.25, 0.3) is 0 Å². The molecule has 0 spiro atoms. The summed E-state index contributed by atoms with van der Waals surface area (Å²) >= 11 is 0. The number of anilines is 1. The summed E-state index contributed by atoms with van der Waals surface area (Å²) in [7, 11) is 4.02. The summed E-state index contributed by atoms with van der Waals surface area (Å²) in [5, 5.41) is 5.86. The molecule has 1 aliphatic carbocycles. The number of pyridine rings is 1. The number of piperidine rings is 2. The second kappa shape index (κ2) is 14.9. The Hall–Kier alpha value is -2.40. The van der Waals surface area contributed by atoms with Gasteiger partial charge in [0, 0.05) is 50.2 Å². The lowest BCUT2D eigenvalue weighted by atomic mass is 9.97. The number of hydrogen-bond acceptors (Lipinski definition) is 9. The fourth-order valence-electron chi connectivity index (χ4n) is 6.71. The number of aromatic nitrogens is 1. The van der Waals surface area contributed by atoms with Crippen molar-refractivity contribution in [2.75, 3.05) is 51.7 Å². The molecule has 1 saturated carbocycles. The molecule has 4 aliphatic rings. The van der Waals surface area contributed by atoms with Crippen LogP contribution in [0.5, 0.6) is 0 Å². The fraction of sp³-hybridized carbons (Fsp3) is 0.750.